The van der Waals surface area contributed by atoms with Crippen molar-refractivity contribution in [1.29, 1.82) is 0 Å². The van der Waals surface area contributed by atoms with Crippen LogP contribution in [0, 0.1) is 0 Å². The number of carbonyl (C=O) groups is 1. The molecular formula is C22H16Cl2N4O2S. The number of nitrogens with one attached hydrogen (secondary N) is 3. The van der Waals surface area contributed by atoms with E-state index >= 15 is 0 Å². The molecule has 0 aliphatic heterocycles. The minimum atomic E-state index is -0.413. The van der Waals surface area contributed by atoms with E-state index in [9.17, 15) is 4.79 Å². The monoisotopic (exact) mass is 470 g/mol. The Morgan fingerprint density at radius 3 is 2.61 bits per heavy atom. The number of thiocarbonyl (C=S) groups is 1. The highest BCUT2D eigenvalue weighted by molar-refractivity contribution is 7.80. The van der Waals surface area contributed by atoms with Gasteiger partial charge in [-0.3, -0.25) is 10.1 Å². The highest BCUT2D eigenvalue weighted by Gasteiger charge is 2.13. The van der Waals surface area contributed by atoms with Gasteiger partial charge < -0.3 is 15.0 Å². The minimum Gasteiger partial charge on any atom is -0.495 e. The van der Waals surface area contributed by atoms with E-state index in [1.807, 2.05) is 36.4 Å². The maximum atomic E-state index is 12.5. The van der Waals surface area contributed by atoms with E-state index in [4.69, 9.17) is 40.2 Å². The van der Waals surface area contributed by atoms with Crippen LogP contribution in [0.15, 0.2) is 60.7 Å². The Morgan fingerprint density at radius 1 is 1.06 bits per heavy atom. The van der Waals surface area contributed by atoms with Gasteiger partial charge in [0.2, 0.25) is 0 Å². The average Bonchev–Trinajstić information content (AvgIpc) is 3.20. The highest BCUT2D eigenvalue weighted by atomic mass is 35.5. The van der Waals surface area contributed by atoms with Crippen LogP contribution in [0.3, 0.4) is 0 Å². The van der Waals surface area contributed by atoms with E-state index in [-0.39, 0.29) is 10.1 Å². The van der Waals surface area contributed by atoms with E-state index in [0.717, 1.165) is 16.6 Å². The summed E-state index contributed by atoms with van der Waals surface area (Å²) in [6, 6.07) is 17.9. The molecule has 0 saturated heterocycles. The summed E-state index contributed by atoms with van der Waals surface area (Å²) in [4.78, 5) is 20.4. The standard InChI is InChI=1S/C22H16Cl2N4O2S/c1-30-19-9-7-12(20-25-16-4-2-3-5-17(16)26-20)11-18(19)27-22(31)28-21(29)13-6-8-14(23)15(24)10-13/h2-11H,1H3,(H,25,26)(H2,27,28,29,31). The van der Waals surface area contributed by atoms with Crippen LogP contribution >= 0.6 is 35.4 Å². The molecular weight excluding hydrogens is 455 g/mol. The number of hydrogen-bond acceptors (Lipinski definition) is 4. The number of benzene rings is 3. The van der Waals surface area contributed by atoms with Gasteiger partial charge in [-0.25, -0.2) is 4.98 Å². The predicted octanol–water partition coefficient (Wildman–Crippen LogP) is 5.67. The lowest BCUT2D eigenvalue weighted by atomic mass is 10.1. The number of methoxy groups -OCH3 is 1. The number of rotatable bonds is 4. The molecule has 6 nitrogen and oxygen atoms in total. The van der Waals surface area contributed by atoms with Crippen molar-refractivity contribution >= 4 is 63.2 Å². The van der Waals surface area contributed by atoms with Gasteiger partial charge >= 0.3 is 0 Å². The van der Waals surface area contributed by atoms with Gasteiger partial charge in [-0.1, -0.05) is 35.3 Å². The smallest absolute Gasteiger partial charge is 0.257 e. The molecule has 9 heteroatoms. The van der Waals surface area contributed by atoms with Crippen LogP contribution in [-0.2, 0) is 0 Å². The third-order valence-electron chi connectivity index (χ3n) is 4.52. The number of carbonyl (C=O) groups excluding carboxylic acids is 1. The van der Waals surface area contributed by atoms with E-state index in [1.165, 1.54) is 6.07 Å². The van der Waals surface area contributed by atoms with Crippen molar-refractivity contribution in [2.45, 2.75) is 0 Å². The van der Waals surface area contributed by atoms with E-state index in [1.54, 1.807) is 25.3 Å². The van der Waals surface area contributed by atoms with Gasteiger partial charge in [-0.05, 0) is 60.7 Å². The Labute approximate surface area is 193 Å². The first-order valence-corrected chi connectivity index (χ1v) is 10.3. The number of halogens is 2. The molecule has 3 N–H and O–H groups in total. The summed E-state index contributed by atoms with van der Waals surface area (Å²) in [6.07, 6.45) is 0. The molecule has 0 bridgehead atoms. The summed E-state index contributed by atoms with van der Waals surface area (Å²) >= 11 is 17.2. The van der Waals surface area contributed by atoms with Crippen LogP contribution in [0.4, 0.5) is 5.69 Å². The van der Waals surface area contributed by atoms with Gasteiger partial charge in [-0.15, -0.1) is 0 Å². The molecule has 3 aromatic carbocycles. The molecule has 0 radical (unpaired) electrons. The lowest BCUT2D eigenvalue weighted by Crippen LogP contribution is -2.34. The zero-order valence-corrected chi connectivity index (χ0v) is 18.5. The van der Waals surface area contributed by atoms with Gasteiger partial charge in [0.25, 0.3) is 5.91 Å². The third kappa shape index (κ3) is 4.64. The van der Waals surface area contributed by atoms with E-state index < -0.39 is 5.91 Å². The maximum absolute atomic E-state index is 12.5. The number of para-hydroxylation sites is 2. The number of H-pyrrole nitrogens is 1. The van der Waals surface area contributed by atoms with Crippen molar-refractivity contribution in [3.8, 4) is 17.1 Å². The van der Waals surface area contributed by atoms with Gasteiger partial charge in [0.1, 0.15) is 11.6 Å². The summed E-state index contributed by atoms with van der Waals surface area (Å²) in [5.74, 6) is 0.854. The zero-order chi connectivity index (χ0) is 22.0. The number of amides is 1. The van der Waals surface area contributed by atoms with Gasteiger partial charge in [0.15, 0.2) is 5.11 Å². The molecule has 4 rings (SSSR count). The predicted molar refractivity (Wildman–Crippen MR) is 128 cm³/mol. The molecule has 31 heavy (non-hydrogen) atoms. The molecule has 1 aromatic heterocycles. The maximum Gasteiger partial charge on any atom is 0.257 e. The normalized spacial score (nSPS) is 10.7. The summed E-state index contributed by atoms with van der Waals surface area (Å²) < 4.78 is 5.42. The van der Waals surface area contributed by atoms with Gasteiger partial charge in [0.05, 0.1) is 33.9 Å². The second-order valence-corrected chi connectivity index (χ2v) is 7.78. The number of fused-ring (bicyclic) bond motifs is 1. The number of aromatic nitrogens is 2. The molecule has 4 aromatic rings. The quantitative estimate of drug-likeness (QED) is 0.334. The Bertz CT molecular complexity index is 1270. The minimum absolute atomic E-state index is 0.108. The van der Waals surface area contributed by atoms with Crippen LogP contribution in [0.1, 0.15) is 10.4 Å². The SMILES string of the molecule is COc1ccc(-c2nc3ccccc3[nH]2)cc1NC(=S)NC(=O)c1ccc(Cl)c(Cl)c1. The first kappa shape index (κ1) is 21.1. The number of imidazole rings is 1. The number of hydrogen-bond donors (Lipinski definition) is 3. The van der Waals surface area contributed by atoms with Crippen molar-refractivity contribution in [1.82, 2.24) is 15.3 Å². The molecule has 0 atom stereocenters. The second kappa shape index (κ2) is 8.93. The average molecular weight is 471 g/mol. The molecule has 1 heterocycles. The van der Waals surface area contributed by atoms with Gasteiger partial charge in [-0.2, -0.15) is 0 Å². The number of nitrogens with zero attached hydrogens (tertiary/aromatic N) is 1. The van der Waals surface area contributed by atoms with Crippen LogP contribution in [0.2, 0.25) is 10.0 Å². The van der Waals surface area contributed by atoms with Crippen molar-refractivity contribution in [3.05, 3.63) is 76.3 Å². The Hall–Kier alpha value is -3.13. The molecule has 0 aliphatic rings. The number of aromatic amines is 1. The summed E-state index contributed by atoms with van der Waals surface area (Å²) in [7, 11) is 1.55. The number of ether oxygens (including phenoxy) is 1. The van der Waals surface area contributed by atoms with Crippen molar-refractivity contribution in [2.75, 3.05) is 12.4 Å². The summed E-state index contributed by atoms with van der Waals surface area (Å²) in [5.41, 5.74) is 3.55. The number of anilines is 1. The Balaban J connectivity index is 1.55. The van der Waals surface area contributed by atoms with Crippen LogP contribution in [0.25, 0.3) is 22.4 Å². The Kier molecular flexibility index (Phi) is 6.08. The second-order valence-electron chi connectivity index (χ2n) is 6.55. The lowest BCUT2D eigenvalue weighted by molar-refractivity contribution is 0.0977. The van der Waals surface area contributed by atoms with Crippen molar-refractivity contribution in [3.63, 3.8) is 0 Å². The molecule has 0 aliphatic carbocycles. The zero-order valence-electron chi connectivity index (χ0n) is 16.2. The fourth-order valence-electron chi connectivity index (χ4n) is 3.01. The van der Waals surface area contributed by atoms with Crippen molar-refractivity contribution < 1.29 is 9.53 Å². The fourth-order valence-corrected chi connectivity index (χ4v) is 3.51. The third-order valence-corrected chi connectivity index (χ3v) is 5.46. The van der Waals surface area contributed by atoms with Crippen LogP contribution in [-0.4, -0.2) is 28.1 Å². The fraction of sp³-hybridized carbons (Fsp3) is 0.0455. The molecule has 0 saturated carbocycles. The molecule has 0 fully saturated rings. The molecule has 0 unspecified atom stereocenters. The van der Waals surface area contributed by atoms with Crippen LogP contribution < -0.4 is 15.4 Å². The molecule has 156 valence electrons. The highest BCUT2D eigenvalue weighted by Crippen LogP contribution is 2.30. The van der Waals surface area contributed by atoms with Gasteiger partial charge in [0, 0.05) is 11.1 Å². The molecule has 0 spiro atoms. The topological polar surface area (TPSA) is 79.0 Å². The lowest BCUT2D eigenvalue weighted by Gasteiger charge is -2.14. The summed E-state index contributed by atoms with van der Waals surface area (Å²) in [6.45, 7) is 0. The van der Waals surface area contributed by atoms with E-state index in [0.29, 0.717) is 27.8 Å². The largest absolute Gasteiger partial charge is 0.495 e. The van der Waals surface area contributed by atoms with Crippen LogP contribution in [0.5, 0.6) is 5.75 Å². The first-order chi connectivity index (χ1) is 14.9. The molecule has 1 amide bonds. The summed E-state index contributed by atoms with van der Waals surface area (Å²) in [5, 5.41) is 6.39. The van der Waals surface area contributed by atoms with Crippen molar-refractivity contribution in [2.24, 2.45) is 0 Å². The Morgan fingerprint density at radius 2 is 1.87 bits per heavy atom. The first-order valence-electron chi connectivity index (χ1n) is 9.15. The van der Waals surface area contributed by atoms with E-state index in [2.05, 4.69) is 20.6 Å².